The van der Waals surface area contributed by atoms with Gasteiger partial charge >= 0.3 is 0 Å². The van der Waals surface area contributed by atoms with Crippen LogP contribution in [0.25, 0.3) is 11.0 Å². The van der Waals surface area contributed by atoms with E-state index in [1.54, 1.807) is 13.3 Å². The zero-order chi connectivity index (χ0) is 20.1. The van der Waals surface area contributed by atoms with Crippen LogP contribution in [0.2, 0.25) is 0 Å². The van der Waals surface area contributed by atoms with Crippen LogP contribution in [-0.4, -0.2) is 48.6 Å². The van der Waals surface area contributed by atoms with Gasteiger partial charge in [-0.3, -0.25) is 4.79 Å². The molecule has 0 radical (unpaired) electrons. The number of carbonyl (C=O) groups is 1. The summed E-state index contributed by atoms with van der Waals surface area (Å²) in [5, 5.41) is 4.79. The Morgan fingerprint density at radius 2 is 2.04 bits per heavy atom. The number of carbonyl (C=O) groups excluding carboxylic acids is 1. The Bertz CT molecular complexity index is 996. The van der Waals surface area contributed by atoms with Crippen LogP contribution in [0.3, 0.4) is 0 Å². The number of hydrogen-bond acceptors (Lipinski definition) is 6. The van der Waals surface area contributed by atoms with Crippen LogP contribution in [-0.2, 0) is 11.8 Å². The summed E-state index contributed by atoms with van der Waals surface area (Å²) in [7, 11) is 7.53. The van der Waals surface area contributed by atoms with Crippen molar-refractivity contribution in [2.45, 2.75) is 5.16 Å². The van der Waals surface area contributed by atoms with Crippen molar-refractivity contribution < 1.29 is 9.53 Å². The number of methoxy groups -OCH3 is 1. The minimum atomic E-state index is -0.184. The van der Waals surface area contributed by atoms with E-state index in [9.17, 15) is 4.79 Å². The number of aromatic nitrogens is 2. The second-order valence-electron chi connectivity index (χ2n) is 6.38. The fraction of sp³-hybridized carbons (Fsp3) is 0.250. The van der Waals surface area contributed by atoms with Crippen molar-refractivity contribution in [3.05, 3.63) is 48.0 Å². The van der Waals surface area contributed by atoms with Gasteiger partial charge in [0.15, 0.2) is 5.16 Å². The van der Waals surface area contributed by atoms with Crippen LogP contribution in [0.1, 0.15) is 5.56 Å². The topological polar surface area (TPSA) is 71.8 Å². The number of rotatable bonds is 7. The molecule has 0 aliphatic heterocycles. The molecule has 0 saturated heterocycles. The van der Waals surface area contributed by atoms with Crippen molar-refractivity contribution in [2.24, 2.45) is 12.1 Å². The average Bonchev–Trinajstić information content (AvgIpc) is 3.01. The molecule has 1 heterocycles. The molecule has 0 atom stereocenters. The van der Waals surface area contributed by atoms with Gasteiger partial charge in [-0.15, -0.1) is 0 Å². The van der Waals surface area contributed by atoms with Crippen molar-refractivity contribution in [2.75, 3.05) is 31.9 Å². The van der Waals surface area contributed by atoms with Gasteiger partial charge < -0.3 is 14.2 Å². The van der Waals surface area contributed by atoms with Crippen LogP contribution < -0.4 is 15.1 Å². The molecule has 2 aromatic carbocycles. The summed E-state index contributed by atoms with van der Waals surface area (Å²) in [4.78, 5) is 18.7. The Morgan fingerprint density at radius 3 is 2.71 bits per heavy atom. The number of benzene rings is 2. The lowest BCUT2D eigenvalue weighted by Crippen LogP contribution is -2.19. The monoisotopic (exact) mass is 397 g/mol. The average molecular weight is 398 g/mol. The molecule has 0 saturated carbocycles. The first kappa shape index (κ1) is 19.8. The van der Waals surface area contributed by atoms with Crippen molar-refractivity contribution in [3.8, 4) is 5.75 Å². The number of hydrazone groups is 1. The molecule has 1 amide bonds. The smallest absolute Gasteiger partial charge is 0.250 e. The van der Waals surface area contributed by atoms with E-state index >= 15 is 0 Å². The number of anilines is 1. The van der Waals surface area contributed by atoms with Gasteiger partial charge in [-0.1, -0.05) is 23.9 Å². The Morgan fingerprint density at radius 1 is 1.29 bits per heavy atom. The molecule has 3 aromatic rings. The van der Waals surface area contributed by atoms with Gasteiger partial charge in [-0.2, -0.15) is 5.10 Å². The lowest BCUT2D eigenvalue weighted by molar-refractivity contribution is -0.118. The quantitative estimate of drug-likeness (QED) is 0.377. The van der Waals surface area contributed by atoms with Crippen LogP contribution >= 0.6 is 11.8 Å². The van der Waals surface area contributed by atoms with E-state index in [1.807, 2.05) is 73.1 Å². The normalized spacial score (nSPS) is 11.1. The summed E-state index contributed by atoms with van der Waals surface area (Å²) in [5.41, 5.74) is 6.41. The summed E-state index contributed by atoms with van der Waals surface area (Å²) < 4.78 is 7.19. The van der Waals surface area contributed by atoms with Crippen LogP contribution in [0, 0.1) is 0 Å². The van der Waals surface area contributed by atoms with E-state index in [0.717, 1.165) is 33.2 Å². The second-order valence-corrected chi connectivity index (χ2v) is 7.32. The number of thioether (sulfide) groups is 1. The minimum absolute atomic E-state index is 0.184. The van der Waals surface area contributed by atoms with Gasteiger partial charge in [-0.25, -0.2) is 10.4 Å². The molecule has 3 rings (SSSR count). The molecule has 7 nitrogen and oxygen atoms in total. The van der Waals surface area contributed by atoms with Crippen LogP contribution in [0.4, 0.5) is 5.69 Å². The largest absolute Gasteiger partial charge is 0.497 e. The zero-order valence-electron chi connectivity index (χ0n) is 16.3. The molecule has 0 bridgehead atoms. The molecule has 146 valence electrons. The number of aryl methyl sites for hydroxylation is 1. The van der Waals surface area contributed by atoms with Gasteiger partial charge in [0.25, 0.3) is 5.91 Å². The van der Waals surface area contributed by atoms with E-state index in [0.29, 0.717) is 0 Å². The van der Waals surface area contributed by atoms with Crippen molar-refractivity contribution >= 4 is 40.6 Å². The Kier molecular flexibility index (Phi) is 6.20. The van der Waals surface area contributed by atoms with Crippen LogP contribution in [0.5, 0.6) is 5.75 Å². The minimum Gasteiger partial charge on any atom is -0.497 e. The van der Waals surface area contributed by atoms with Crippen LogP contribution in [0.15, 0.2) is 52.7 Å². The van der Waals surface area contributed by atoms with E-state index < -0.39 is 0 Å². The third-order valence-electron chi connectivity index (χ3n) is 4.19. The first-order valence-corrected chi connectivity index (χ1v) is 9.69. The number of hydrogen-bond donors (Lipinski definition) is 1. The maximum atomic E-state index is 12.1. The maximum absolute atomic E-state index is 12.1. The van der Waals surface area contributed by atoms with E-state index in [-0.39, 0.29) is 11.7 Å². The lowest BCUT2D eigenvalue weighted by Gasteiger charge is -2.11. The molecule has 1 N–H and O–H groups in total. The highest BCUT2D eigenvalue weighted by Gasteiger charge is 2.11. The molecular formula is C20H23N5O2S. The summed E-state index contributed by atoms with van der Waals surface area (Å²) in [6, 6.07) is 13.6. The van der Waals surface area contributed by atoms with E-state index in [2.05, 4.69) is 15.5 Å². The first-order chi connectivity index (χ1) is 13.5. The third-order valence-corrected chi connectivity index (χ3v) is 5.22. The third kappa shape index (κ3) is 4.64. The van der Waals surface area contributed by atoms with Crippen molar-refractivity contribution in [1.29, 1.82) is 0 Å². The second kappa shape index (κ2) is 8.79. The summed E-state index contributed by atoms with van der Waals surface area (Å²) >= 11 is 1.37. The van der Waals surface area contributed by atoms with Gasteiger partial charge in [0.2, 0.25) is 0 Å². The summed E-state index contributed by atoms with van der Waals surface area (Å²) in [6.45, 7) is 0. The maximum Gasteiger partial charge on any atom is 0.250 e. The number of fused-ring (bicyclic) bond motifs is 1. The molecule has 0 aliphatic carbocycles. The Labute approximate surface area is 168 Å². The molecular weight excluding hydrogens is 374 g/mol. The summed E-state index contributed by atoms with van der Waals surface area (Å²) in [6.07, 6.45) is 1.63. The summed E-state index contributed by atoms with van der Waals surface area (Å²) in [5.74, 6) is 0.800. The number of nitrogens with zero attached hydrogens (tertiary/aromatic N) is 4. The Hall–Kier alpha value is -3.00. The highest BCUT2D eigenvalue weighted by Crippen LogP contribution is 2.25. The predicted octanol–water partition coefficient (Wildman–Crippen LogP) is 2.89. The van der Waals surface area contributed by atoms with Gasteiger partial charge in [0, 0.05) is 32.9 Å². The van der Waals surface area contributed by atoms with E-state index in [4.69, 9.17) is 4.74 Å². The standard InChI is InChI=1S/C20H23N5O2S/c1-24(2)15-7-5-14(6-8-15)12-21-23-19(26)13-28-20-22-17-11-16(27-4)9-10-18(17)25(20)3/h5-12H,13H2,1-4H3,(H,23,26)/b21-12+. The van der Waals surface area contributed by atoms with Gasteiger partial charge in [0.05, 0.1) is 30.1 Å². The number of nitrogens with one attached hydrogen (secondary N) is 1. The molecule has 0 aliphatic rings. The van der Waals surface area contributed by atoms with Crippen molar-refractivity contribution in [3.63, 3.8) is 0 Å². The zero-order valence-corrected chi connectivity index (χ0v) is 17.2. The highest BCUT2D eigenvalue weighted by molar-refractivity contribution is 7.99. The fourth-order valence-corrected chi connectivity index (χ4v) is 3.39. The number of ether oxygens (including phenoxy) is 1. The molecule has 0 spiro atoms. The fourth-order valence-electron chi connectivity index (χ4n) is 2.61. The molecule has 8 heteroatoms. The Balaban J connectivity index is 1.55. The lowest BCUT2D eigenvalue weighted by atomic mass is 10.2. The predicted molar refractivity (Wildman–Crippen MR) is 114 cm³/mol. The molecule has 1 aromatic heterocycles. The van der Waals surface area contributed by atoms with Gasteiger partial charge in [-0.05, 0) is 29.8 Å². The molecule has 28 heavy (non-hydrogen) atoms. The van der Waals surface area contributed by atoms with Gasteiger partial charge in [0.1, 0.15) is 5.75 Å². The van der Waals surface area contributed by atoms with E-state index in [1.165, 1.54) is 11.8 Å². The number of amides is 1. The number of imidazole rings is 1. The molecule has 0 fully saturated rings. The SMILES string of the molecule is COc1ccc2c(c1)nc(SCC(=O)N/N=C/c1ccc(N(C)C)cc1)n2C. The molecule has 0 unspecified atom stereocenters. The highest BCUT2D eigenvalue weighted by atomic mass is 32.2. The first-order valence-electron chi connectivity index (χ1n) is 8.70. The van der Waals surface area contributed by atoms with Crippen molar-refractivity contribution in [1.82, 2.24) is 15.0 Å².